The highest BCUT2D eigenvalue weighted by atomic mass is 35.6. The van der Waals surface area contributed by atoms with Gasteiger partial charge in [0, 0.05) is 17.7 Å². The Morgan fingerprint density at radius 3 is 1.56 bits per heavy atom. The van der Waals surface area contributed by atoms with Crippen LogP contribution in [0.2, 0.25) is 0 Å². The molecule has 0 radical (unpaired) electrons. The van der Waals surface area contributed by atoms with Gasteiger partial charge in [0.25, 0.3) is 0 Å². The number of amides is 4. The molecule has 4 amide bonds. The first kappa shape index (κ1) is 32.2. The van der Waals surface area contributed by atoms with Crippen LogP contribution in [-0.2, 0) is 19.0 Å². The number of aromatic nitrogens is 1. The smallest absolute Gasteiger partial charge is 0.424 e. The Kier molecular flexibility index (Phi) is 9.32. The van der Waals surface area contributed by atoms with Crippen LogP contribution >= 0.6 is 34.8 Å². The lowest BCUT2D eigenvalue weighted by molar-refractivity contribution is -0.116. The number of halogens is 3. The molecule has 0 saturated carbocycles. The Morgan fingerprint density at radius 1 is 0.707 bits per heavy atom. The molecule has 0 aliphatic heterocycles. The number of pyridine rings is 1. The van der Waals surface area contributed by atoms with Crippen molar-refractivity contribution in [2.24, 2.45) is 0 Å². The lowest BCUT2D eigenvalue weighted by Gasteiger charge is -2.26. The van der Waals surface area contributed by atoms with Gasteiger partial charge in [-0.1, -0.05) is 46.9 Å². The van der Waals surface area contributed by atoms with Gasteiger partial charge >= 0.3 is 18.3 Å². The van der Waals surface area contributed by atoms with Crippen LogP contribution < -0.4 is 9.80 Å². The van der Waals surface area contributed by atoms with Crippen LogP contribution in [-0.4, -0.2) is 50.8 Å². The molecule has 1 heterocycles. The molecule has 0 atom stereocenters. The van der Waals surface area contributed by atoms with E-state index in [-0.39, 0.29) is 11.4 Å². The number of carbonyl (C=O) groups is 4. The van der Waals surface area contributed by atoms with Gasteiger partial charge in [-0.05, 0) is 71.9 Å². The Morgan fingerprint density at radius 2 is 1.15 bits per heavy atom. The zero-order valence-corrected chi connectivity index (χ0v) is 25.8. The first-order valence-electron chi connectivity index (χ1n) is 12.4. The Hall–Kier alpha value is -3.34. The van der Waals surface area contributed by atoms with E-state index in [9.17, 15) is 19.2 Å². The maximum absolute atomic E-state index is 13.0. The lowest BCUT2D eigenvalue weighted by Crippen LogP contribution is -2.42. The molecule has 0 aliphatic carbocycles. The van der Waals surface area contributed by atoms with Crippen molar-refractivity contribution in [1.82, 2.24) is 4.98 Å². The van der Waals surface area contributed by atoms with Gasteiger partial charge in [-0.25, -0.2) is 24.3 Å². The summed E-state index contributed by atoms with van der Waals surface area (Å²) in [4.78, 5) is 57.3. The summed E-state index contributed by atoms with van der Waals surface area (Å²) in [7, 11) is 0. The molecule has 0 saturated heterocycles. The fraction of sp³-hybridized carbons (Fsp3) is 0.393. The molecule has 0 spiro atoms. The summed E-state index contributed by atoms with van der Waals surface area (Å²) >= 11 is 17.1. The Bertz CT molecular complexity index is 1510. The lowest BCUT2D eigenvalue weighted by atomic mass is 10.1. The average Bonchev–Trinajstić information content (AvgIpc) is 2.78. The van der Waals surface area contributed by atoms with E-state index in [1.165, 1.54) is 19.1 Å². The molecule has 3 rings (SSSR count). The van der Waals surface area contributed by atoms with Crippen molar-refractivity contribution in [3.05, 3.63) is 42.5 Å². The van der Waals surface area contributed by atoms with Gasteiger partial charge < -0.3 is 14.2 Å². The standard InChI is InChI=1S/C28H30Cl3N3O7/c1-16(35)33(24(37)40-26(2,3)4)19-10-8-17-12-18-9-11-20(14-22(18)32-21(17)13-19)34(25(38)41-27(5,6)7)23(36)39-15-28(29,30)31/h8-14H,15H2,1-7H3. The predicted octanol–water partition coefficient (Wildman–Crippen LogP) is 7.92. The second-order valence-corrected chi connectivity index (χ2v) is 13.6. The largest absolute Gasteiger partial charge is 0.444 e. The highest BCUT2D eigenvalue weighted by Gasteiger charge is 2.33. The van der Waals surface area contributed by atoms with E-state index in [1.54, 1.807) is 65.8 Å². The molecular formula is C28H30Cl3N3O7. The van der Waals surface area contributed by atoms with Crippen LogP contribution in [0.15, 0.2) is 42.5 Å². The number of hydrogen-bond acceptors (Lipinski definition) is 8. The summed E-state index contributed by atoms with van der Waals surface area (Å²) in [5.41, 5.74) is -0.572. The summed E-state index contributed by atoms with van der Waals surface area (Å²) in [6.45, 7) is 10.7. The van der Waals surface area contributed by atoms with Crippen LogP contribution in [0.4, 0.5) is 25.8 Å². The second-order valence-electron chi connectivity index (χ2n) is 11.1. The van der Waals surface area contributed by atoms with E-state index < -0.39 is 45.8 Å². The molecule has 0 unspecified atom stereocenters. The minimum Gasteiger partial charge on any atom is -0.444 e. The molecule has 0 fully saturated rings. The number of anilines is 2. The molecule has 0 aliphatic rings. The zero-order chi connectivity index (χ0) is 30.9. The van der Waals surface area contributed by atoms with Crippen molar-refractivity contribution in [2.45, 2.75) is 63.5 Å². The fourth-order valence-electron chi connectivity index (χ4n) is 3.60. The number of fused-ring (bicyclic) bond motifs is 2. The van der Waals surface area contributed by atoms with E-state index in [4.69, 9.17) is 49.0 Å². The average molecular weight is 627 g/mol. The molecule has 220 valence electrons. The Balaban J connectivity index is 2.08. The van der Waals surface area contributed by atoms with E-state index in [1.807, 2.05) is 6.07 Å². The SMILES string of the molecule is CC(=O)N(C(=O)OC(C)(C)C)c1ccc2cc3ccc(N(C(=O)OCC(Cl)(Cl)Cl)C(=O)OC(C)(C)C)cc3nc2c1. The van der Waals surface area contributed by atoms with Crippen molar-refractivity contribution in [1.29, 1.82) is 0 Å². The molecule has 13 heteroatoms. The van der Waals surface area contributed by atoms with E-state index in [0.717, 1.165) is 4.90 Å². The van der Waals surface area contributed by atoms with Crippen molar-refractivity contribution >= 4 is 92.2 Å². The number of imide groups is 2. The van der Waals surface area contributed by atoms with Gasteiger partial charge in [-0.3, -0.25) is 4.79 Å². The van der Waals surface area contributed by atoms with Crippen LogP contribution in [0.3, 0.4) is 0 Å². The zero-order valence-electron chi connectivity index (χ0n) is 23.6. The number of ether oxygens (including phenoxy) is 3. The number of nitrogens with zero attached hydrogens (tertiary/aromatic N) is 3. The van der Waals surface area contributed by atoms with Gasteiger partial charge in [0.1, 0.15) is 17.8 Å². The summed E-state index contributed by atoms with van der Waals surface area (Å²) in [6, 6.07) is 11.4. The van der Waals surface area contributed by atoms with Crippen molar-refractivity contribution in [2.75, 3.05) is 16.4 Å². The van der Waals surface area contributed by atoms with Crippen LogP contribution in [0.25, 0.3) is 21.8 Å². The molecule has 10 nitrogen and oxygen atoms in total. The van der Waals surface area contributed by atoms with Gasteiger partial charge in [0.15, 0.2) is 0 Å². The minimum atomic E-state index is -1.90. The highest BCUT2D eigenvalue weighted by Crippen LogP contribution is 2.30. The van der Waals surface area contributed by atoms with Gasteiger partial charge in [0.2, 0.25) is 9.70 Å². The number of hydrogen-bond donors (Lipinski definition) is 0. The van der Waals surface area contributed by atoms with Crippen LogP contribution in [0, 0.1) is 0 Å². The van der Waals surface area contributed by atoms with Gasteiger partial charge in [0.05, 0.1) is 22.4 Å². The van der Waals surface area contributed by atoms with Crippen molar-refractivity contribution in [3.63, 3.8) is 0 Å². The quantitative estimate of drug-likeness (QED) is 0.164. The summed E-state index contributed by atoms with van der Waals surface area (Å²) in [5, 5.41) is 1.40. The normalized spacial score (nSPS) is 12.1. The number of alkyl halides is 3. The third-order valence-electron chi connectivity index (χ3n) is 5.11. The molecule has 0 N–H and O–H groups in total. The predicted molar refractivity (Wildman–Crippen MR) is 159 cm³/mol. The van der Waals surface area contributed by atoms with E-state index in [0.29, 0.717) is 26.7 Å². The summed E-state index contributed by atoms with van der Waals surface area (Å²) < 4.78 is 13.9. The van der Waals surface area contributed by atoms with Crippen molar-refractivity contribution < 1.29 is 33.4 Å². The topological polar surface area (TPSA) is 115 Å². The maximum atomic E-state index is 13.0. The number of benzene rings is 2. The van der Waals surface area contributed by atoms with Crippen LogP contribution in [0.1, 0.15) is 48.5 Å². The third-order valence-corrected chi connectivity index (χ3v) is 5.43. The minimum absolute atomic E-state index is 0.0863. The number of rotatable bonds is 3. The molecule has 41 heavy (non-hydrogen) atoms. The molecular weight excluding hydrogens is 597 g/mol. The third kappa shape index (κ3) is 8.82. The van der Waals surface area contributed by atoms with Gasteiger partial charge in [-0.2, -0.15) is 4.90 Å². The highest BCUT2D eigenvalue weighted by molar-refractivity contribution is 6.67. The molecule has 3 aromatic rings. The van der Waals surface area contributed by atoms with Crippen molar-refractivity contribution in [3.8, 4) is 0 Å². The molecule has 0 bridgehead atoms. The Labute approximate surface area is 252 Å². The second kappa shape index (κ2) is 11.9. The maximum Gasteiger partial charge on any atom is 0.424 e. The first-order valence-corrected chi connectivity index (χ1v) is 13.5. The molecule has 1 aromatic heterocycles. The molecule has 2 aromatic carbocycles. The van der Waals surface area contributed by atoms with Crippen LogP contribution in [0.5, 0.6) is 0 Å². The first-order chi connectivity index (χ1) is 18.7. The summed E-state index contributed by atoms with van der Waals surface area (Å²) in [5.74, 6) is -0.539. The van der Waals surface area contributed by atoms with E-state index >= 15 is 0 Å². The summed E-state index contributed by atoms with van der Waals surface area (Å²) in [6.07, 6.45) is -2.96. The van der Waals surface area contributed by atoms with E-state index in [2.05, 4.69) is 4.98 Å². The fourth-order valence-corrected chi connectivity index (χ4v) is 3.77. The number of carbonyl (C=O) groups excluding carboxylic acids is 4. The van der Waals surface area contributed by atoms with Gasteiger partial charge in [-0.15, -0.1) is 0 Å². The monoisotopic (exact) mass is 625 g/mol.